The number of ether oxygens (including phenoxy) is 2. The van der Waals surface area contributed by atoms with E-state index in [1.54, 1.807) is 26.0 Å². The van der Waals surface area contributed by atoms with Gasteiger partial charge in [-0.1, -0.05) is 28.1 Å². The zero-order valence-corrected chi connectivity index (χ0v) is 15.0. The van der Waals surface area contributed by atoms with E-state index in [0.717, 1.165) is 26.1 Å². The predicted octanol–water partition coefficient (Wildman–Crippen LogP) is 5.00. The van der Waals surface area contributed by atoms with Crippen LogP contribution in [0.15, 0.2) is 45.8 Å². The predicted molar refractivity (Wildman–Crippen MR) is 92.8 cm³/mol. The molecule has 2 aromatic rings. The first kappa shape index (κ1) is 17.0. The third-order valence-electron chi connectivity index (χ3n) is 3.32. The summed E-state index contributed by atoms with van der Waals surface area (Å²) in [4.78, 5) is 0.914. The van der Waals surface area contributed by atoms with Gasteiger partial charge in [-0.05, 0) is 41.6 Å². The molecule has 0 saturated carbocycles. The topological polar surface area (TPSA) is 42.2 Å². The van der Waals surface area contributed by atoms with Crippen molar-refractivity contribution in [1.82, 2.24) is 0 Å². The van der Waals surface area contributed by atoms with Crippen LogP contribution in [0.1, 0.15) is 17.4 Å². The molecule has 114 valence electrons. The molecule has 0 spiro atoms. The summed E-state index contributed by atoms with van der Waals surface area (Å²) in [5, 5.41) is 9.49. The van der Waals surface area contributed by atoms with Gasteiger partial charge in [-0.25, -0.2) is 0 Å². The van der Waals surface area contributed by atoms with Crippen LogP contribution >= 0.6 is 27.7 Å². The van der Waals surface area contributed by atoms with E-state index in [1.807, 2.05) is 42.7 Å². The standard InChI is InChI=1S/C17H16BrNO2S/c1-20-17(21-2)14-8-12(9-16(22-3)15(14)10-19)11-4-6-13(18)7-5-11/h4-9,17H,1-3H3. The first-order valence-corrected chi connectivity index (χ1v) is 8.60. The highest BCUT2D eigenvalue weighted by molar-refractivity contribution is 9.10. The van der Waals surface area contributed by atoms with Crippen molar-refractivity contribution >= 4 is 27.7 Å². The highest BCUT2D eigenvalue weighted by atomic mass is 79.9. The van der Waals surface area contributed by atoms with E-state index in [1.165, 1.54) is 0 Å². The van der Waals surface area contributed by atoms with E-state index in [2.05, 4.69) is 22.0 Å². The zero-order chi connectivity index (χ0) is 16.1. The molecular formula is C17H16BrNO2S. The molecule has 0 aliphatic carbocycles. The van der Waals surface area contributed by atoms with Gasteiger partial charge in [-0.15, -0.1) is 11.8 Å². The Morgan fingerprint density at radius 2 is 1.73 bits per heavy atom. The first-order valence-electron chi connectivity index (χ1n) is 6.58. The number of methoxy groups -OCH3 is 2. The Hall–Kier alpha value is -1.32. The lowest BCUT2D eigenvalue weighted by Crippen LogP contribution is -2.07. The lowest BCUT2D eigenvalue weighted by atomic mass is 9.99. The van der Waals surface area contributed by atoms with Gasteiger partial charge in [0.25, 0.3) is 0 Å². The fraction of sp³-hybridized carbons (Fsp3) is 0.235. The Bertz CT molecular complexity index is 691. The average molecular weight is 378 g/mol. The molecule has 2 aromatic carbocycles. The molecule has 3 nitrogen and oxygen atoms in total. The molecule has 0 unspecified atom stereocenters. The van der Waals surface area contributed by atoms with Crippen LogP contribution in [-0.2, 0) is 9.47 Å². The molecule has 5 heteroatoms. The monoisotopic (exact) mass is 377 g/mol. The number of rotatable bonds is 5. The van der Waals surface area contributed by atoms with Gasteiger partial charge < -0.3 is 9.47 Å². The van der Waals surface area contributed by atoms with Crippen molar-refractivity contribution < 1.29 is 9.47 Å². The molecule has 0 radical (unpaired) electrons. The van der Waals surface area contributed by atoms with Crippen molar-refractivity contribution in [1.29, 1.82) is 5.26 Å². The van der Waals surface area contributed by atoms with Gasteiger partial charge in [0.05, 0.1) is 5.56 Å². The third-order valence-corrected chi connectivity index (χ3v) is 4.61. The molecule has 0 aliphatic heterocycles. The van der Waals surface area contributed by atoms with E-state index < -0.39 is 6.29 Å². The number of nitrogens with zero attached hydrogens (tertiary/aromatic N) is 1. The van der Waals surface area contributed by atoms with Crippen LogP contribution in [0.25, 0.3) is 11.1 Å². The highest BCUT2D eigenvalue weighted by Gasteiger charge is 2.19. The molecule has 2 rings (SSSR count). The van der Waals surface area contributed by atoms with Gasteiger partial charge in [0.15, 0.2) is 6.29 Å². The summed E-state index contributed by atoms with van der Waals surface area (Å²) in [6.45, 7) is 0. The van der Waals surface area contributed by atoms with Gasteiger partial charge in [0, 0.05) is 29.2 Å². The molecular weight excluding hydrogens is 362 g/mol. The van der Waals surface area contributed by atoms with Crippen molar-refractivity contribution in [2.45, 2.75) is 11.2 Å². The summed E-state index contributed by atoms with van der Waals surface area (Å²) in [5.74, 6) is 0. The van der Waals surface area contributed by atoms with Crippen LogP contribution in [0, 0.1) is 11.3 Å². The van der Waals surface area contributed by atoms with Crippen LogP contribution in [0.3, 0.4) is 0 Å². The largest absolute Gasteiger partial charge is 0.352 e. The molecule has 0 N–H and O–H groups in total. The van der Waals surface area contributed by atoms with Crippen LogP contribution in [0.4, 0.5) is 0 Å². The number of halogens is 1. The van der Waals surface area contributed by atoms with E-state index in [-0.39, 0.29) is 0 Å². The van der Waals surface area contributed by atoms with Crippen LogP contribution in [-0.4, -0.2) is 20.5 Å². The summed E-state index contributed by atoms with van der Waals surface area (Å²) in [7, 11) is 3.14. The molecule has 0 atom stereocenters. The second-order valence-electron chi connectivity index (χ2n) is 4.56. The lowest BCUT2D eigenvalue weighted by Gasteiger charge is -2.18. The van der Waals surface area contributed by atoms with Crippen LogP contribution in [0.5, 0.6) is 0 Å². The number of hydrogen-bond acceptors (Lipinski definition) is 4. The molecule has 0 saturated heterocycles. The summed E-state index contributed by atoms with van der Waals surface area (Å²) in [6, 6.07) is 14.3. The lowest BCUT2D eigenvalue weighted by molar-refractivity contribution is -0.106. The highest BCUT2D eigenvalue weighted by Crippen LogP contribution is 2.34. The Kier molecular flexibility index (Phi) is 6.04. The second kappa shape index (κ2) is 7.80. The fourth-order valence-electron chi connectivity index (χ4n) is 2.26. The number of thioether (sulfide) groups is 1. The SMILES string of the molecule is COC(OC)c1cc(-c2ccc(Br)cc2)cc(SC)c1C#N. The summed E-state index contributed by atoms with van der Waals surface area (Å²) in [5.41, 5.74) is 3.46. The molecule has 0 aromatic heterocycles. The summed E-state index contributed by atoms with van der Waals surface area (Å²) < 4.78 is 11.7. The smallest absolute Gasteiger partial charge is 0.184 e. The van der Waals surface area contributed by atoms with Crippen LogP contribution in [0.2, 0.25) is 0 Å². The Labute approximate surface area is 143 Å². The molecule has 0 fully saturated rings. The minimum atomic E-state index is -0.559. The molecule has 22 heavy (non-hydrogen) atoms. The maximum Gasteiger partial charge on any atom is 0.184 e. The molecule has 0 aliphatic rings. The van der Waals surface area contributed by atoms with Gasteiger partial charge in [0.2, 0.25) is 0 Å². The van der Waals surface area contributed by atoms with Gasteiger partial charge in [0.1, 0.15) is 6.07 Å². The van der Waals surface area contributed by atoms with E-state index in [4.69, 9.17) is 9.47 Å². The minimum Gasteiger partial charge on any atom is -0.352 e. The third kappa shape index (κ3) is 3.53. The molecule has 0 amide bonds. The van der Waals surface area contributed by atoms with Crippen molar-refractivity contribution in [3.05, 3.63) is 52.0 Å². The summed E-state index contributed by atoms with van der Waals surface area (Å²) in [6.07, 6.45) is 1.40. The Morgan fingerprint density at radius 1 is 1.09 bits per heavy atom. The molecule has 0 heterocycles. The number of hydrogen-bond donors (Lipinski definition) is 0. The quantitative estimate of drug-likeness (QED) is 0.542. The van der Waals surface area contributed by atoms with E-state index in [9.17, 15) is 5.26 Å². The second-order valence-corrected chi connectivity index (χ2v) is 6.33. The van der Waals surface area contributed by atoms with Crippen molar-refractivity contribution in [2.24, 2.45) is 0 Å². The van der Waals surface area contributed by atoms with Crippen LogP contribution < -0.4 is 0 Å². The van der Waals surface area contributed by atoms with Crippen molar-refractivity contribution in [3.63, 3.8) is 0 Å². The maximum atomic E-state index is 9.49. The summed E-state index contributed by atoms with van der Waals surface area (Å²) >= 11 is 4.98. The minimum absolute atomic E-state index is 0.559. The zero-order valence-electron chi connectivity index (χ0n) is 12.6. The number of benzene rings is 2. The van der Waals surface area contributed by atoms with Gasteiger partial charge in [-0.3, -0.25) is 0 Å². The normalized spacial score (nSPS) is 10.7. The van der Waals surface area contributed by atoms with Gasteiger partial charge >= 0.3 is 0 Å². The maximum absolute atomic E-state index is 9.49. The van der Waals surface area contributed by atoms with Crippen molar-refractivity contribution in [2.75, 3.05) is 20.5 Å². The van der Waals surface area contributed by atoms with Crippen molar-refractivity contribution in [3.8, 4) is 17.2 Å². The van der Waals surface area contributed by atoms with E-state index in [0.29, 0.717) is 5.56 Å². The first-order chi connectivity index (χ1) is 10.6. The van der Waals surface area contributed by atoms with Gasteiger partial charge in [-0.2, -0.15) is 5.26 Å². The average Bonchev–Trinajstić information content (AvgIpc) is 2.55. The Morgan fingerprint density at radius 3 is 2.23 bits per heavy atom. The molecule has 0 bridgehead atoms. The number of nitriles is 1. The Balaban J connectivity index is 2.64. The van der Waals surface area contributed by atoms with E-state index >= 15 is 0 Å². The fourth-order valence-corrected chi connectivity index (χ4v) is 3.14.